The summed E-state index contributed by atoms with van der Waals surface area (Å²) >= 11 is 0. The van der Waals surface area contributed by atoms with Crippen molar-refractivity contribution >= 4 is 57.1 Å². The van der Waals surface area contributed by atoms with Crippen LogP contribution in [-0.4, -0.2) is 107 Å². The number of aromatic carboxylic acids is 1. The Balaban J connectivity index is 1.90. The molecule has 2 unspecified atom stereocenters. The van der Waals surface area contributed by atoms with E-state index in [4.69, 9.17) is 9.97 Å². The van der Waals surface area contributed by atoms with Gasteiger partial charge in [-0.15, -0.1) is 0 Å². The summed E-state index contributed by atoms with van der Waals surface area (Å²) in [7, 11) is 9.66. The molecule has 3 aromatic rings. The van der Waals surface area contributed by atoms with E-state index in [0.717, 1.165) is 63.4 Å². The molecule has 4 N–H and O–H groups in total. The zero-order valence-corrected chi connectivity index (χ0v) is 34.2. The average molecular weight is 751 g/mol. The van der Waals surface area contributed by atoms with Crippen molar-refractivity contribution in [3.05, 3.63) is 75.4 Å². The summed E-state index contributed by atoms with van der Waals surface area (Å²) in [6.07, 6.45) is 3.21. The summed E-state index contributed by atoms with van der Waals surface area (Å²) in [6.45, 7) is 16.6. The van der Waals surface area contributed by atoms with Gasteiger partial charge in [-0.2, -0.15) is 0 Å². The molecule has 2 amide bonds. The molecule has 2 atom stereocenters. The van der Waals surface area contributed by atoms with Gasteiger partial charge in [0.25, 0.3) is 0 Å². The summed E-state index contributed by atoms with van der Waals surface area (Å²) in [4.78, 5) is 58.4. The highest BCUT2D eigenvalue weighted by molar-refractivity contribution is 6.03. The van der Waals surface area contributed by atoms with Crippen molar-refractivity contribution in [3.8, 4) is 0 Å². The molecule has 0 saturated heterocycles. The Labute approximate surface area is 324 Å². The first-order valence-electron chi connectivity index (χ1n) is 19.2. The van der Waals surface area contributed by atoms with Crippen LogP contribution in [0.5, 0.6) is 0 Å². The summed E-state index contributed by atoms with van der Waals surface area (Å²) in [5.74, 6) is -1.81. The topological polar surface area (TPSA) is 148 Å². The SMILES string of the molecule is C=Cc1c(C)c2cc3nc(c(CC(=O)NCCN(C)C)c4c(C(=O)O)c(C)c(cc5nc(cc1[nH]2)C(C)=C5CC)n4C)C(CCC(=O)NCCN(C)C)C3C. The van der Waals surface area contributed by atoms with Crippen LogP contribution >= 0.6 is 0 Å². The van der Waals surface area contributed by atoms with Gasteiger partial charge in [-0.05, 0) is 102 Å². The summed E-state index contributed by atoms with van der Waals surface area (Å²) < 4.78 is 1.89. The number of H-pyrrole nitrogens is 1. The number of likely N-dealkylation sites (N-methyl/N-ethyl adjacent to an activating group) is 2. The van der Waals surface area contributed by atoms with Gasteiger partial charge in [0.2, 0.25) is 11.8 Å². The molecule has 2 aliphatic heterocycles. The van der Waals surface area contributed by atoms with Crippen LogP contribution in [0.4, 0.5) is 0 Å². The van der Waals surface area contributed by atoms with E-state index in [1.54, 1.807) is 0 Å². The van der Waals surface area contributed by atoms with E-state index in [1.807, 2.05) is 74.7 Å². The number of rotatable bonds is 14. The quantitative estimate of drug-likeness (QED) is 0.153. The maximum Gasteiger partial charge on any atom is 0.338 e. The predicted molar refractivity (Wildman–Crippen MR) is 222 cm³/mol. The van der Waals surface area contributed by atoms with Gasteiger partial charge in [-0.3, -0.25) is 14.6 Å². The second kappa shape index (κ2) is 17.2. The highest BCUT2D eigenvalue weighted by atomic mass is 16.4. The van der Waals surface area contributed by atoms with Gasteiger partial charge in [0.15, 0.2) is 0 Å². The molecule has 0 aromatic carbocycles. The van der Waals surface area contributed by atoms with Crippen LogP contribution in [0.25, 0.3) is 39.3 Å². The van der Waals surface area contributed by atoms with E-state index in [0.29, 0.717) is 53.9 Å². The lowest BCUT2D eigenvalue weighted by Gasteiger charge is -2.19. The first-order chi connectivity index (χ1) is 26.1. The van der Waals surface area contributed by atoms with E-state index in [-0.39, 0.29) is 42.1 Å². The van der Waals surface area contributed by atoms with Gasteiger partial charge in [0.05, 0.1) is 34.6 Å². The van der Waals surface area contributed by atoms with Crippen LogP contribution in [0.3, 0.4) is 0 Å². The first-order valence-corrected chi connectivity index (χ1v) is 19.2. The number of hydrogen-bond acceptors (Lipinski definition) is 7. The number of aromatic nitrogens is 4. The molecule has 0 fully saturated rings. The Morgan fingerprint density at radius 2 is 1.60 bits per heavy atom. The largest absolute Gasteiger partial charge is 0.478 e. The Hall–Kier alpha value is -5.07. The summed E-state index contributed by atoms with van der Waals surface area (Å²) in [5.41, 5.74) is 11.2. The Morgan fingerprint density at radius 1 is 0.945 bits per heavy atom. The minimum absolute atomic E-state index is 0.0653. The number of carboxylic acids is 1. The van der Waals surface area contributed by atoms with Crippen LogP contribution in [0, 0.1) is 13.8 Å². The third-order valence-electron chi connectivity index (χ3n) is 11.1. The number of allylic oxidation sites excluding steroid dienone is 2. The van der Waals surface area contributed by atoms with Gasteiger partial charge in [0.1, 0.15) is 0 Å². The fourth-order valence-electron chi connectivity index (χ4n) is 7.93. The second-order valence-corrected chi connectivity index (χ2v) is 15.4. The minimum Gasteiger partial charge on any atom is -0.478 e. The van der Waals surface area contributed by atoms with Crippen LogP contribution in [0.1, 0.15) is 107 Å². The average Bonchev–Trinajstić information content (AvgIpc) is 3.77. The molecular formula is C43H58N8O4. The number of aryl methyl sites for hydroxylation is 3. The van der Waals surface area contributed by atoms with Crippen molar-refractivity contribution in [1.29, 1.82) is 0 Å². The Bertz CT molecular complexity index is 2210. The number of carbonyl (C=O) groups is 3. The molecule has 12 heteroatoms. The zero-order chi connectivity index (χ0) is 40.3. The molecule has 0 aliphatic carbocycles. The predicted octanol–water partition coefficient (Wildman–Crippen LogP) is 6.19. The number of hydrogen-bond donors (Lipinski definition) is 4. The van der Waals surface area contributed by atoms with Crippen molar-refractivity contribution in [2.75, 3.05) is 54.4 Å². The van der Waals surface area contributed by atoms with Crippen LogP contribution in [-0.2, 0) is 23.1 Å². The maximum atomic E-state index is 13.9. The number of nitrogens with one attached hydrogen (secondary N) is 3. The van der Waals surface area contributed by atoms with E-state index in [1.165, 1.54) is 0 Å². The van der Waals surface area contributed by atoms with Crippen LogP contribution < -0.4 is 10.6 Å². The third-order valence-corrected chi connectivity index (χ3v) is 11.1. The Kier molecular flexibility index (Phi) is 12.8. The number of aromatic amines is 1. The van der Waals surface area contributed by atoms with Gasteiger partial charge in [-0.25, -0.2) is 9.78 Å². The van der Waals surface area contributed by atoms with Crippen molar-refractivity contribution in [2.45, 2.75) is 72.1 Å². The molecular weight excluding hydrogens is 693 g/mol. The second-order valence-electron chi connectivity index (χ2n) is 15.4. The van der Waals surface area contributed by atoms with Crippen LogP contribution in [0.2, 0.25) is 0 Å². The van der Waals surface area contributed by atoms with Gasteiger partial charge < -0.3 is 35.1 Å². The number of carbonyl (C=O) groups excluding carboxylic acids is 2. The van der Waals surface area contributed by atoms with Gasteiger partial charge in [0, 0.05) is 84.9 Å². The monoisotopic (exact) mass is 750 g/mol. The first kappa shape index (κ1) is 41.1. The van der Waals surface area contributed by atoms with Gasteiger partial charge in [-0.1, -0.05) is 26.5 Å². The van der Waals surface area contributed by atoms with E-state index in [9.17, 15) is 19.5 Å². The molecule has 0 spiro atoms. The number of nitrogens with zero attached hydrogens (tertiary/aromatic N) is 5. The molecule has 294 valence electrons. The smallest absolute Gasteiger partial charge is 0.338 e. The van der Waals surface area contributed by atoms with E-state index < -0.39 is 5.97 Å². The van der Waals surface area contributed by atoms with Crippen LogP contribution in [0.15, 0.2) is 24.8 Å². The number of carboxylic acid groups (broad SMARTS) is 1. The van der Waals surface area contributed by atoms with Crippen molar-refractivity contribution in [3.63, 3.8) is 0 Å². The number of amides is 2. The van der Waals surface area contributed by atoms with E-state index in [2.05, 4.69) is 56.0 Å². The molecule has 3 aromatic heterocycles. The lowest BCUT2D eigenvalue weighted by molar-refractivity contribution is -0.121. The molecule has 2 aliphatic rings. The number of fused-ring (bicyclic) bond motifs is 8. The lowest BCUT2D eigenvalue weighted by Crippen LogP contribution is -2.32. The normalized spacial score (nSPS) is 15.6. The molecule has 12 nitrogen and oxygen atoms in total. The fraction of sp³-hybridized carbons (Fsp3) is 0.465. The molecule has 0 radical (unpaired) electrons. The van der Waals surface area contributed by atoms with Crippen molar-refractivity contribution in [1.82, 2.24) is 40.0 Å². The van der Waals surface area contributed by atoms with Crippen molar-refractivity contribution < 1.29 is 19.5 Å². The summed E-state index contributed by atoms with van der Waals surface area (Å²) in [6, 6.07) is 6.07. The van der Waals surface area contributed by atoms with Gasteiger partial charge >= 0.3 is 5.97 Å². The maximum absolute atomic E-state index is 13.9. The van der Waals surface area contributed by atoms with E-state index >= 15 is 0 Å². The highest BCUT2D eigenvalue weighted by Gasteiger charge is 2.34. The molecule has 8 bridgehead atoms. The molecule has 55 heavy (non-hydrogen) atoms. The molecule has 0 saturated carbocycles. The minimum atomic E-state index is -1.09. The third kappa shape index (κ3) is 8.60. The fourth-order valence-corrected chi connectivity index (χ4v) is 7.93. The van der Waals surface area contributed by atoms with Crippen molar-refractivity contribution in [2.24, 2.45) is 7.05 Å². The zero-order valence-electron chi connectivity index (χ0n) is 34.2. The Morgan fingerprint density at radius 3 is 2.20 bits per heavy atom. The standard InChI is InChI=1S/C43H58N8O4/c1-12-28-24(3)32-21-34-26(5)30(14-15-38(52)44-16-18-49(7)8)41(48-34)31(20-39(53)45-17-19-50(9)10)42-40(43(54)55)27(6)37(51(42)11)23-36-29(13-2)25(4)33(47-36)22-35(28)46-32/h12,21-23,26,30,46H,1,13-20H2,2-11H3,(H,44,52)(H,45,53)(H,54,55). The lowest BCUT2D eigenvalue weighted by atomic mass is 9.84. The summed E-state index contributed by atoms with van der Waals surface area (Å²) in [5, 5.41) is 16.9. The molecule has 5 rings (SSSR count). The highest BCUT2D eigenvalue weighted by Crippen LogP contribution is 2.43. The molecule has 5 heterocycles.